The molecule has 3 heterocycles. The van der Waals surface area contributed by atoms with Crippen LogP contribution >= 0.6 is 7.75 Å². The Morgan fingerprint density at radius 3 is 3.07 bits per heavy atom. The van der Waals surface area contributed by atoms with Crippen LogP contribution in [0.3, 0.4) is 0 Å². The molecule has 0 saturated carbocycles. The Balaban J connectivity index is 1.72. The van der Waals surface area contributed by atoms with Gasteiger partial charge in [-0.3, -0.25) is 28.9 Å². The number of H-pyrrole nitrogens is 1. The predicted molar refractivity (Wildman–Crippen MR) is 99.3 cm³/mol. The summed E-state index contributed by atoms with van der Waals surface area (Å²) in [5, 5.41) is 6.07. The molecule has 4 atom stereocenters. The number of hydrogen-bond acceptors (Lipinski definition) is 8. The molecular weight excluding hydrogens is 405 g/mol. The number of anilines is 1. The van der Waals surface area contributed by atoms with Crippen LogP contribution in [0.2, 0.25) is 0 Å². The molecule has 154 valence electrons. The van der Waals surface area contributed by atoms with Crippen LogP contribution in [0.15, 0.2) is 45.4 Å². The molecule has 0 amide bonds. The summed E-state index contributed by atoms with van der Waals surface area (Å²) >= 11 is 0. The van der Waals surface area contributed by atoms with Crippen LogP contribution in [-0.4, -0.2) is 38.2 Å². The fourth-order valence-corrected chi connectivity index (χ4v) is 3.70. The number of nitrogens with zero attached hydrogens (tertiary/aromatic N) is 4. The van der Waals surface area contributed by atoms with Crippen LogP contribution in [0.25, 0.3) is 0 Å². The van der Waals surface area contributed by atoms with Crippen molar-refractivity contribution >= 4 is 13.4 Å². The third-order valence-corrected chi connectivity index (χ3v) is 5.25. The second-order valence-electron chi connectivity index (χ2n) is 6.30. The van der Waals surface area contributed by atoms with Crippen molar-refractivity contribution in [3.63, 3.8) is 0 Å². The maximum absolute atomic E-state index is 12.2. The van der Waals surface area contributed by atoms with Gasteiger partial charge >= 0.3 is 13.4 Å². The van der Waals surface area contributed by atoms with Crippen LogP contribution in [0.1, 0.15) is 18.2 Å². The molecule has 4 N–H and O–H groups in total. The fourth-order valence-electron chi connectivity index (χ4n) is 2.83. The summed E-state index contributed by atoms with van der Waals surface area (Å²) in [7, 11) is -4.23. The minimum atomic E-state index is -4.23. The standard InChI is InChI=1S/C15H18N7O6P/c1-9-7-22(15(24)18-14(9)23)13-5-11(19-21-16)12(28-13)8-27-29(25,26)20-10-3-2-4-17-6-10/h2-4,6-7,11-13,16H,5,8H2,1H3,(H2-,18,20,23,24,25,26)/p+1. The average Bonchev–Trinajstić information content (AvgIpc) is 3.06. The number of ether oxygens (including phenoxy) is 1. The minimum absolute atomic E-state index is 0.160. The zero-order valence-corrected chi connectivity index (χ0v) is 16.2. The van der Waals surface area contributed by atoms with E-state index >= 15 is 0 Å². The molecule has 0 spiro atoms. The SMILES string of the molecule is Cc1cn(C2CC(N=[N+]=N)C(COP(=O)(O)Nc3cccnc3)O2)c(=O)[nH]c1=O. The van der Waals surface area contributed by atoms with Crippen LogP contribution < -0.4 is 21.2 Å². The van der Waals surface area contributed by atoms with Crippen molar-refractivity contribution in [1.82, 2.24) is 19.4 Å². The normalized spacial score (nSPS) is 23.2. The maximum atomic E-state index is 12.2. The monoisotopic (exact) mass is 424 g/mol. The smallest absolute Gasteiger partial charge is 0.350 e. The molecule has 2 aromatic rings. The number of aromatic amines is 1. The summed E-state index contributed by atoms with van der Waals surface area (Å²) in [6.07, 6.45) is 2.72. The van der Waals surface area contributed by atoms with Gasteiger partial charge in [0.05, 0.1) is 18.5 Å². The molecule has 3 rings (SSSR count). The lowest BCUT2D eigenvalue weighted by atomic mass is 10.1. The van der Waals surface area contributed by atoms with Gasteiger partial charge in [-0.25, -0.2) is 9.36 Å². The maximum Gasteiger partial charge on any atom is 0.430 e. The predicted octanol–water partition coefficient (Wildman–Crippen LogP) is 0.676. The zero-order valence-electron chi connectivity index (χ0n) is 15.3. The molecule has 13 nitrogen and oxygen atoms in total. The van der Waals surface area contributed by atoms with Gasteiger partial charge in [0, 0.05) is 24.4 Å². The van der Waals surface area contributed by atoms with Crippen molar-refractivity contribution < 1.29 is 18.7 Å². The summed E-state index contributed by atoms with van der Waals surface area (Å²) < 4.78 is 24.3. The Morgan fingerprint density at radius 1 is 1.59 bits per heavy atom. The second-order valence-corrected chi connectivity index (χ2v) is 7.82. The summed E-state index contributed by atoms with van der Waals surface area (Å²) in [6, 6.07) is 2.44. The molecule has 29 heavy (non-hydrogen) atoms. The largest absolute Gasteiger partial charge is 0.430 e. The number of rotatable bonds is 7. The Labute approximate surface area is 163 Å². The summed E-state index contributed by atoms with van der Waals surface area (Å²) in [4.78, 5) is 42.6. The summed E-state index contributed by atoms with van der Waals surface area (Å²) in [6.45, 7) is 1.19. The van der Waals surface area contributed by atoms with E-state index in [0.29, 0.717) is 11.3 Å². The lowest BCUT2D eigenvalue weighted by Gasteiger charge is -2.18. The first kappa shape index (κ1) is 20.8. The zero-order chi connectivity index (χ0) is 21.0. The van der Waals surface area contributed by atoms with E-state index in [-0.39, 0.29) is 13.0 Å². The van der Waals surface area contributed by atoms with E-state index in [0.717, 1.165) is 0 Å². The molecule has 0 radical (unpaired) electrons. The van der Waals surface area contributed by atoms with Gasteiger partial charge in [-0.2, -0.15) is 0 Å². The Kier molecular flexibility index (Phi) is 6.16. The first-order valence-electron chi connectivity index (χ1n) is 8.49. The molecule has 2 aromatic heterocycles. The van der Waals surface area contributed by atoms with Gasteiger partial charge in [0.15, 0.2) is 6.04 Å². The van der Waals surface area contributed by atoms with Crippen molar-refractivity contribution in [2.75, 3.05) is 11.7 Å². The molecular formula is C15H19N7O6P+. The molecule has 4 unspecified atom stereocenters. The molecule has 0 aromatic carbocycles. The van der Waals surface area contributed by atoms with Crippen LogP contribution in [0.4, 0.5) is 5.69 Å². The fraction of sp³-hybridized carbons (Fsp3) is 0.400. The number of hydrogen-bond donors (Lipinski definition) is 4. The number of pyridine rings is 1. The van der Waals surface area contributed by atoms with Crippen molar-refractivity contribution in [3.05, 3.63) is 57.1 Å². The first-order chi connectivity index (χ1) is 13.8. The summed E-state index contributed by atoms with van der Waals surface area (Å²) in [5.41, 5.74) is 6.39. The van der Waals surface area contributed by atoms with Crippen molar-refractivity contribution in [1.29, 1.82) is 5.53 Å². The van der Waals surface area contributed by atoms with Gasteiger partial charge < -0.3 is 9.63 Å². The highest BCUT2D eigenvalue weighted by Gasteiger charge is 2.41. The van der Waals surface area contributed by atoms with Crippen LogP contribution in [0, 0.1) is 12.5 Å². The highest BCUT2D eigenvalue weighted by atomic mass is 31.2. The molecule has 14 heteroatoms. The van der Waals surface area contributed by atoms with Crippen molar-refractivity contribution in [3.8, 4) is 0 Å². The Bertz CT molecular complexity index is 1080. The van der Waals surface area contributed by atoms with E-state index in [1.54, 1.807) is 12.1 Å². The van der Waals surface area contributed by atoms with Crippen molar-refractivity contribution in [2.45, 2.75) is 31.7 Å². The molecule has 0 bridgehead atoms. The Morgan fingerprint density at radius 2 is 2.38 bits per heavy atom. The first-order valence-corrected chi connectivity index (χ1v) is 10.1. The van der Waals surface area contributed by atoms with E-state index in [1.165, 1.54) is 30.1 Å². The Hall–Kier alpha value is -2.95. The number of nitrogens with one attached hydrogen (secondary N) is 3. The van der Waals surface area contributed by atoms with Gasteiger partial charge in [0.2, 0.25) is 4.91 Å². The molecule has 1 saturated heterocycles. The van der Waals surface area contributed by atoms with E-state index < -0.39 is 37.4 Å². The summed E-state index contributed by atoms with van der Waals surface area (Å²) in [5.74, 6) is 0. The highest BCUT2D eigenvalue weighted by molar-refractivity contribution is 7.54. The van der Waals surface area contributed by atoms with Gasteiger partial charge in [-0.05, 0) is 19.1 Å². The van der Waals surface area contributed by atoms with Crippen molar-refractivity contribution in [2.24, 2.45) is 5.11 Å². The van der Waals surface area contributed by atoms with Gasteiger partial charge in [-0.15, -0.1) is 0 Å². The van der Waals surface area contributed by atoms with E-state index in [1.807, 2.05) is 0 Å². The molecule has 1 fully saturated rings. The van der Waals surface area contributed by atoms with Gasteiger partial charge in [0.1, 0.15) is 23.0 Å². The van der Waals surface area contributed by atoms with Crippen LogP contribution in [0.5, 0.6) is 0 Å². The highest BCUT2D eigenvalue weighted by Crippen LogP contribution is 2.43. The third-order valence-electron chi connectivity index (χ3n) is 4.21. The van der Waals surface area contributed by atoms with E-state index in [2.05, 4.69) is 25.1 Å². The number of aryl methyl sites for hydroxylation is 1. The second kappa shape index (κ2) is 8.60. The topological polar surface area (TPSA) is 186 Å². The van der Waals surface area contributed by atoms with Gasteiger partial charge in [-0.1, -0.05) is 0 Å². The minimum Gasteiger partial charge on any atom is -0.350 e. The quantitative estimate of drug-likeness (QED) is 0.284. The molecule has 1 aliphatic rings. The van der Waals surface area contributed by atoms with E-state index in [9.17, 15) is 19.0 Å². The average molecular weight is 424 g/mol. The lowest BCUT2D eigenvalue weighted by Crippen LogP contribution is -2.33. The third kappa shape index (κ3) is 5.11. The van der Waals surface area contributed by atoms with Crippen LogP contribution in [-0.2, 0) is 13.8 Å². The molecule has 0 aliphatic carbocycles. The molecule has 1 aliphatic heterocycles. The van der Waals surface area contributed by atoms with Gasteiger partial charge in [0.25, 0.3) is 5.56 Å². The number of aromatic nitrogens is 3. The van der Waals surface area contributed by atoms with E-state index in [4.69, 9.17) is 14.8 Å². The lowest BCUT2D eigenvalue weighted by molar-refractivity contribution is -0.0240.